The third-order valence-electron chi connectivity index (χ3n) is 2.30. The van der Waals surface area contributed by atoms with Crippen molar-refractivity contribution in [1.29, 1.82) is 0 Å². The summed E-state index contributed by atoms with van der Waals surface area (Å²) < 4.78 is 5.33. The van der Waals surface area contributed by atoms with Crippen molar-refractivity contribution >= 4 is 17.4 Å². The molecule has 0 fully saturated rings. The number of hydrogen-bond acceptors (Lipinski definition) is 2. The molecule has 90 valence electrons. The highest BCUT2D eigenvalue weighted by Gasteiger charge is 1.94. The first-order valence-electron chi connectivity index (χ1n) is 6.21. The van der Waals surface area contributed by atoms with E-state index in [2.05, 4.69) is 12.2 Å². The summed E-state index contributed by atoms with van der Waals surface area (Å²) in [5.41, 5.74) is 0. The topological polar surface area (TPSA) is 21.3 Å². The standard InChI is InChI=1S/C12H25NOS/c1-3-5-6-7-8-9-10-11-14-12(15)13-4-2/h3-11H2,1-2H3,(H,13,15). The molecule has 0 aromatic carbocycles. The Labute approximate surface area is 99.8 Å². The van der Waals surface area contributed by atoms with E-state index in [1.54, 1.807) is 0 Å². The maximum absolute atomic E-state index is 5.33. The van der Waals surface area contributed by atoms with Gasteiger partial charge in [-0.2, -0.15) is 0 Å². The largest absolute Gasteiger partial charge is 0.471 e. The molecule has 15 heavy (non-hydrogen) atoms. The Hall–Kier alpha value is -0.310. The smallest absolute Gasteiger partial charge is 0.256 e. The van der Waals surface area contributed by atoms with Gasteiger partial charge in [-0.25, -0.2) is 0 Å². The lowest BCUT2D eigenvalue weighted by atomic mass is 10.1. The molecule has 0 aromatic rings. The Bertz CT molecular complexity index is 151. The van der Waals surface area contributed by atoms with E-state index in [0.717, 1.165) is 19.6 Å². The highest BCUT2D eigenvalue weighted by molar-refractivity contribution is 7.80. The molecule has 3 heteroatoms. The lowest BCUT2D eigenvalue weighted by molar-refractivity contribution is 0.287. The number of ether oxygens (including phenoxy) is 1. The maximum atomic E-state index is 5.33. The molecule has 0 unspecified atom stereocenters. The lowest BCUT2D eigenvalue weighted by Crippen LogP contribution is -2.23. The van der Waals surface area contributed by atoms with Crippen LogP contribution in [0.1, 0.15) is 58.8 Å². The highest BCUT2D eigenvalue weighted by Crippen LogP contribution is 2.06. The molecule has 0 spiro atoms. The van der Waals surface area contributed by atoms with Gasteiger partial charge in [0.2, 0.25) is 0 Å². The van der Waals surface area contributed by atoms with Gasteiger partial charge in [-0.15, -0.1) is 0 Å². The highest BCUT2D eigenvalue weighted by atomic mass is 32.1. The summed E-state index contributed by atoms with van der Waals surface area (Å²) in [5, 5.41) is 3.52. The third kappa shape index (κ3) is 11.6. The second-order valence-corrected chi connectivity index (χ2v) is 4.16. The van der Waals surface area contributed by atoms with Gasteiger partial charge in [-0.3, -0.25) is 0 Å². The van der Waals surface area contributed by atoms with Crippen LogP contribution >= 0.6 is 12.2 Å². The zero-order chi connectivity index (χ0) is 11.4. The first-order chi connectivity index (χ1) is 7.31. The molecule has 1 N–H and O–H groups in total. The van der Waals surface area contributed by atoms with Crippen LogP contribution in [0.3, 0.4) is 0 Å². The van der Waals surface area contributed by atoms with Crippen molar-refractivity contribution < 1.29 is 4.74 Å². The van der Waals surface area contributed by atoms with Gasteiger partial charge >= 0.3 is 0 Å². The van der Waals surface area contributed by atoms with Crippen molar-refractivity contribution in [3.63, 3.8) is 0 Å². The fourth-order valence-corrected chi connectivity index (χ4v) is 1.65. The van der Waals surface area contributed by atoms with E-state index in [-0.39, 0.29) is 0 Å². The molecule has 0 radical (unpaired) electrons. The first-order valence-corrected chi connectivity index (χ1v) is 6.62. The SMILES string of the molecule is CCCCCCCCCOC(=S)NCC. The summed E-state index contributed by atoms with van der Waals surface area (Å²) in [6, 6.07) is 0. The number of thiocarbonyl (C=S) groups is 1. The minimum Gasteiger partial charge on any atom is -0.471 e. The fraction of sp³-hybridized carbons (Fsp3) is 0.917. The predicted octanol–water partition coefficient (Wildman–Crippen LogP) is 3.65. The molecular formula is C12H25NOS. The molecule has 0 saturated heterocycles. The normalized spacial score (nSPS) is 10.0. The number of hydrogen-bond donors (Lipinski definition) is 1. The third-order valence-corrected chi connectivity index (χ3v) is 2.56. The van der Waals surface area contributed by atoms with Crippen LogP contribution in [0, 0.1) is 0 Å². The zero-order valence-corrected chi connectivity index (χ0v) is 11.0. The van der Waals surface area contributed by atoms with Crippen LogP contribution in [-0.4, -0.2) is 18.3 Å². The fourth-order valence-electron chi connectivity index (χ4n) is 1.42. The van der Waals surface area contributed by atoms with Crippen molar-refractivity contribution in [3.8, 4) is 0 Å². The molecule has 0 bridgehead atoms. The lowest BCUT2D eigenvalue weighted by Gasteiger charge is -2.07. The van der Waals surface area contributed by atoms with Crippen LogP contribution in [0.25, 0.3) is 0 Å². The Morgan fingerprint density at radius 1 is 1.00 bits per heavy atom. The van der Waals surface area contributed by atoms with Crippen molar-refractivity contribution in [2.24, 2.45) is 0 Å². The summed E-state index contributed by atoms with van der Waals surface area (Å²) in [5.74, 6) is 0. The Morgan fingerprint density at radius 3 is 2.20 bits per heavy atom. The molecule has 0 aliphatic carbocycles. The van der Waals surface area contributed by atoms with Crippen molar-refractivity contribution in [1.82, 2.24) is 5.32 Å². The van der Waals surface area contributed by atoms with Gasteiger partial charge in [0.15, 0.2) is 0 Å². The van der Waals surface area contributed by atoms with Crippen LogP contribution in [0.15, 0.2) is 0 Å². The van der Waals surface area contributed by atoms with Crippen molar-refractivity contribution in [2.75, 3.05) is 13.2 Å². The van der Waals surface area contributed by atoms with Crippen molar-refractivity contribution in [3.05, 3.63) is 0 Å². The predicted molar refractivity (Wildman–Crippen MR) is 70.2 cm³/mol. The second-order valence-electron chi connectivity index (χ2n) is 3.79. The maximum Gasteiger partial charge on any atom is 0.256 e. The van der Waals surface area contributed by atoms with E-state index in [9.17, 15) is 0 Å². The van der Waals surface area contributed by atoms with Crippen LogP contribution < -0.4 is 5.32 Å². The monoisotopic (exact) mass is 231 g/mol. The average molecular weight is 231 g/mol. The van der Waals surface area contributed by atoms with Crippen LogP contribution in [0.2, 0.25) is 0 Å². The van der Waals surface area contributed by atoms with Gasteiger partial charge in [0, 0.05) is 6.54 Å². The molecule has 0 atom stereocenters. The van der Waals surface area contributed by atoms with Gasteiger partial charge in [-0.1, -0.05) is 45.4 Å². The molecule has 0 aromatic heterocycles. The molecule has 0 aliphatic heterocycles. The molecule has 0 amide bonds. The summed E-state index contributed by atoms with van der Waals surface area (Å²) in [6.45, 7) is 5.87. The van der Waals surface area contributed by atoms with E-state index < -0.39 is 0 Å². The quantitative estimate of drug-likeness (QED) is 0.483. The Balaban J connectivity index is 3.01. The zero-order valence-electron chi connectivity index (χ0n) is 10.2. The van der Waals surface area contributed by atoms with Gasteiger partial charge in [0.05, 0.1) is 6.61 Å². The van der Waals surface area contributed by atoms with E-state index in [1.165, 1.54) is 38.5 Å². The van der Waals surface area contributed by atoms with Gasteiger partial charge in [0.25, 0.3) is 5.17 Å². The minimum atomic E-state index is 0.545. The van der Waals surface area contributed by atoms with Crippen LogP contribution in [0.4, 0.5) is 0 Å². The summed E-state index contributed by atoms with van der Waals surface area (Å²) in [4.78, 5) is 0. The van der Waals surface area contributed by atoms with Gasteiger partial charge < -0.3 is 10.1 Å². The van der Waals surface area contributed by atoms with E-state index >= 15 is 0 Å². The molecule has 0 heterocycles. The average Bonchev–Trinajstić information content (AvgIpc) is 2.22. The number of nitrogens with one attached hydrogen (secondary N) is 1. The molecule has 2 nitrogen and oxygen atoms in total. The molecule has 0 saturated carbocycles. The Morgan fingerprint density at radius 2 is 1.60 bits per heavy atom. The summed E-state index contributed by atoms with van der Waals surface area (Å²) in [7, 11) is 0. The van der Waals surface area contributed by atoms with E-state index in [1.807, 2.05) is 6.92 Å². The van der Waals surface area contributed by atoms with Gasteiger partial charge in [-0.05, 0) is 25.6 Å². The summed E-state index contributed by atoms with van der Waals surface area (Å²) in [6.07, 6.45) is 9.16. The van der Waals surface area contributed by atoms with E-state index in [4.69, 9.17) is 17.0 Å². The van der Waals surface area contributed by atoms with Gasteiger partial charge in [0.1, 0.15) is 0 Å². The minimum absolute atomic E-state index is 0.545. The van der Waals surface area contributed by atoms with Crippen molar-refractivity contribution in [2.45, 2.75) is 58.8 Å². The molecule has 0 aliphatic rings. The summed E-state index contributed by atoms with van der Waals surface area (Å²) >= 11 is 4.96. The van der Waals surface area contributed by atoms with E-state index in [0.29, 0.717) is 5.17 Å². The molecular weight excluding hydrogens is 206 g/mol. The number of rotatable bonds is 9. The second kappa shape index (κ2) is 11.8. The Kier molecular flexibility index (Phi) is 11.5. The van der Waals surface area contributed by atoms with Crippen LogP contribution in [0.5, 0.6) is 0 Å². The number of unbranched alkanes of at least 4 members (excludes halogenated alkanes) is 6. The van der Waals surface area contributed by atoms with Crippen LogP contribution in [-0.2, 0) is 4.74 Å². The first kappa shape index (κ1) is 14.7. The molecule has 0 rings (SSSR count).